The van der Waals surface area contributed by atoms with Gasteiger partial charge in [0.05, 0.1) is 12.8 Å². The highest BCUT2D eigenvalue weighted by Crippen LogP contribution is 2.09. The van der Waals surface area contributed by atoms with E-state index in [1.54, 1.807) is 31.2 Å². The summed E-state index contributed by atoms with van der Waals surface area (Å²) in [7, 11) is 0. The molecule has 1 aromatic carbocycles. The van der Waals surface area contributed by atoms with Crippen molar-refractivity contribution in [1.29, 1.82) is 0 Å². The van der Waals surface area contributed by atoms with E-state index in [9.17, 15) is 9.59 Å². The molecular weight excluding hydrogens is 286 g/mol. The van der Waals surface area contributed by atoms with Crippen molar-refractivity contribution < 1.29 is 19.5 Å². The molecule has 2 N–H and O–H groups in total. The van der Waals surface area contributed by atoms with Crippen LogP contribution in [-0.4, -0.2) is 48.0 Å². The predicted octanol–water partition coefficient (Wildman–Crippen LogP) is 2.08. The lowest BCUT2D eigenvalue weighted by Crippen LogP contribution is -2.39. The molecule has 0 fully saturated rings. The molecule has 22 heavy (non-hydrogen) atoms. The molecule has 0 heterocycles. The number of benzene rings is 1. The maximum Gasteiger partial charge on any atom is 0.325 e. The Kier molecular flexibility index (Phi) is 7.18. The average Bonchev–Trinajstić information content (AvgIpc) is 2.49. The Morgan fingerprint density at radius 1 is 1.41 bits per heavy atom. The summed E-state index contributed by atoms with van der Waals surface area (Å²) < 4.78 is 4.83. The van der Waals surface area contributed by atoms with Crippen LogP contribution < -0.4 is 5.32 Å². The Hall–Kier alpha value is -2.83. The Morgan fingerprint density at radius 3 is 2.64 bits per heavy atom. The zero-order valence-electron chi connectivity index (χ0n) is 12.4. The fourth-order valence-corrected chi connectivity index (χ4v) is 1.66. The summed E-state index contributed by atoms with van der Waals surface area (Å²) in [4.78, 5) is 24.9. The molecule has 0 saturated heterocycles. The normalized spacial score (nSPS) is 10.2. The molecule has 0 aliphatic heterocycles. The fraction of sp³-hybridized carbons (Fsp3) is 0.267. The van der Waals surface area contributed by atoms with E-state index in [0.29, 0.717) is 11.3 Å². The molecule has 0 atom stereocenters. The molecule has 0 aliphatic rings. The van der Waals surface area contributed by atoms with Gasteiger partial charge in [-0.1, -0.05) is 23.4 Å². The largest absolute Gasteiger partial charge is 0.465 e. The van der Waals surface area contributed by atoms with E-state index in [-0.39, 0.29) is 19.7 Å². The van der Waals surface area contributed by atoms with Crippen molar-refractivity contribution in [2.45, 2.75) is 6.92 Å². The van der Waals surface area contributed by atoms with Crippen molar-refractivity contribution in [1.82, 2.24) is 4.90 Å². The fourth-order valence-electron chi connectivity index (χ4n) is 1.66. The first-order valence-corrected chi connectivity index (χ1v) is 6.70. The Morgan fingerprint density at radius 2 is 2.09 bits per heavy atom. The van der Waals surface area contributed by atoms with Crippen LogP contribution in [0.15, 0.2) is 42.1 Å². The number of amides is 2. The SMILES string of the molecule is C=CCN(CC(=O)OCC)C(=O)Nc1ccc(/C=N\O)cc1. The molecule has 7 nitrogen and oxygen atoms in total. The van der Waals surface area contributed by atoms with Gasteiger partial charge in [0.2, 0.25) is 0 Å². The third-order valence-electron chi connectivity index (χ3n) is 2.63. The van der Waals surface area contributed by atoms with Gasteiger partial charge in [0.15, 0.2) is 0 Å². The number of hydrogen-bond donors (Lipinski definition) is 2. The van der Waals surface area contributed by atoms with Gasteiger partial charge in [-0.05, 0) is 24.6 Å². The summed E-state index contributed by atoms with van der Waals surface area (Å²) in [5, 5.41) is 14.0. The summed E-state index contributed by atoms with van der Waals surface area (Å²) in [5.41, 5.74) is 1.24. The molecular formula is C15H19N3O4. The van der Waals surface area contributed by atoms with Crippen molar-refractivity contribution in [3.8, 4) is 0 Å². The first-order valence-electron chi connectivity index (χ1n) is 6.70. The highest BCUT2D eigenvalue weighted by atomic mass is 16.5. The van der Waals surface area contributed by atoms with Gasteiger partial charge in [0, 0.05) is 12.2 Å². The van der Waals surface area contributed by atoms with Crippen LogP contribution >= 0.6 is 0 Å². The quantitative estimate of drug-likeness (QED) is 0.265. The molecule has 2 amide bonds. The standard InChI is InChI=1S/C15H19N3O4/c1-3-9-18(11-14(19)22-4-2)15(20)17-13-7-5-12(6-8-13)10-16-21/h3,5-8,10,21H,1,4,9,11H2,2H3,(H,17,20)/b16-10-. The molecule has 0 bridgehead atoms. The second-order valence-electron chi connectivity index (χ2n) is 4.27. The third-order valence-corrected chi connectivity index (χ3v) is 2.63. The number of anilines is 1. The van der Waals surface area contributed by atoms with E-state index in [2.05, 4.69) is 17.1 Å². The second-order valence-corrected chi connectivity index (χ2v) is 4.27. The van der Waals surface area contributed by atoms with Gasteiger partial charge in [-0.3, -0.25) is 4.79 Å². The number of rotatable bonds is 7. The van der Waals surface area contributed by atoms with Crippen LogP contribution in [-0.2, 0) is 9.53 Å². The first-order chi connectivity index (χ1) is 10.6. The number of urea groups is 1. The van der Waals surface area contributed by atoms with Crippen LogP contribution in [0.5, 0.6) is 0 Å². The minimum Gasteiger partial charge on any atom is -0.465 e. The Balaban J connectivity index is 2.69. The monoisotopic (exact) mass is 305 g/mol. The number of ether oxygens (including phenoxy) is 1. The molecule has 0 unspecified atom stereocenters. The van der Waals surface area contributed by atoms with Crippen molar-refractivity contribution in [2.24, 2.45) is 5.16 Å². The van der Waals surface area contributed by atoms with Crippen LogP contribution in [0.4, 0.5) is 10.5 Å². The van der Waals surface area contributed by atoms with E-state index in [0.717, 1.165) is 0 Å². The topological polar surface area (TPSA) is 91.2 Å². The predicted molar refractivity (Wildman–Crippen MR) is 83.2 cm³/mol. The van der Waals surface area contributed by atoms with E-state index < -0.39 is 12.0 Å². The number of nitrogens with zero attached hydrogens (tertiary/aromatic N) is 2. The van der Waals surface area contributed by atoms with Crippen LogP contribution in [0, 0.1) is 0 Å². The van der Waals surface area contributed by atoms with Gasteiger partial charge < -0.3 is 20.2 Å². The lowest BCUT2D eigenvalue weighted by Gasteiger charge is -2.20. The zero-order valence-corrected chi connectivity index (χ0v) is 12.4. The summed E-state index contributed by atoms with van der Waals surface area (Å²) in [6.45, 7) is 5.60. The molecule has 1 rings (SSSR count). The highest BCUT2D eigenvalue weighted by Gasteiger charge is 2.16. The molecule has 0 aromatic heterocycles. The molecule has 0 radical (unpaired) electrons. The first kappa shape index (κ1) is 17.2. The van der Waals surface area contributed by atoms with Gasteiger partial charge in [-0.15, -0.1) is 6.58 Å². The van der Waals surface area contributed by atoms with Gasteiger partial charge in [0.25, 0.3) is 0 Å². The number of hydrogen-bond acceptors (Lipinski definition) is 5. The van der Waals surface area contributed by atoms with E-state index in [1.807, 2.05) is 0 Å². The van der Waals surface area contributed by atoms with E-state index in [1.165, 1.54) is 17.2 Å². The third kappa shape index (κ3) is 5.66. The molecule has 1 aromatic rings. The van der Waals surface area contributed by atoms with Gasteiger partial charge in [-0.25, -0.2) is 4.79 Å². The Bertz CT molecular complexity index is 540. The van der Waals surface area contributed by atoms with Gasteiger partial charge in [0.1, 0.15) is 6.54 Å². The van der Waals surface area contributed by atoms with Crippen molar-refractivity contribution >= 4 is 23.9 Å². The molecule has 7 heteroatoms. The van der Waals surface area contributed by atoms with Crippen molar-refractivity contribution in [3.63, 3.8) is 0 Å². The maximum absolute atomic E-state index is 12.1. The minimum absolute atomic E-state index is 0.152. The maximum atomic E-state index is 12.1. The van der Waals surface area contributed by atoms with Crippen LogP contribution in [0.2, 0.25) is 0 Å². The van der Waals surface area contributed by atoms with Crippen LogP contribution in [0.1, 0.15) is 12.5 Å². The van der Waals surface area contributed by atoms with Gasteiger partial charge >= 0.3 is 12.0 Å². The summed E-state index contributed by atoms with van der Waals surface area (Å²) in [5.74, 6) is -0.478. The van der Waals surface area contributed by atoms with Crippen LogP contribution in [0.25, 0.3) is 0 Å². The number of carbonyl (C=O) groups is 2. The Labute approximate surface area is 128 Å². The number of carbonyl (C=O) groups excluding carboxylic acids is 2. The summed E-state index contributed by atoms with van der Waals surface area (Å²) in [6, 6.07) is 6.24. The molecule has 0 saturated carbocycles. The number of esters is 1. The summed E-state index contributed by atoms with van der Waals surface area (Å²) in [6.07, 6.45) is 2.80. The van der Waals surface area contributed by atoms with E-state index >= 15 is 0 Å². The zero-order chi connectivity index (χ0) is 16.4. The minimum atomic E-state index is -0.478. The highest BCUT2D eigenvalue weighted by molar-refractivity contribution is 5.92. The van der Waals surface area contributed by atoms with E-state index in [4.69, 9.17) is 9.94 Å². The van der Waals surface area contributed by atoms with Crippen LogP contribution in [0.3, 0.4) is 0 Å². The second kappa shape index (κ2) is 9.17. The average molecular weight is 305 g/mol. The number of oxime groups is 1. The number of nitrogens with one attached hydrogen (secondary N) is 1. The van der Waals surface area contributed by atoms with Gasteiger partial charge in [-0.2, -0.15) is 0 Å². The smallest absolute Gasteiger partial charge is 0.325 e. The molecule has 0 spiro atoms. The molecule has 0 aliphatic carbocycles. The van der Waals surface area contributed by atoms with Crippen molar-refractivity contribution in [3.05, 3.63) is 42.5 Å². The lowest BCUT2D eigenvalue weighted by molar-refractivity contribution is -0.143. The molecule has 118 valence electrons. The van der Waals surface area contributed by atoms with Crippen molar-refractivity contribution in [2.75, 3.05) is 25.0 Å². The lowest BCUT2D eigenvalue weighted by atomic mass is 10.2. The summed E-state index contributed by atoms with van der Waals surface area (Å²) >= 11 is 0.